The summed E-state index contributed by atoms with van der Waals surface area (Å²) in [6.45, 7) is 4.61. The van der Waals surface area contributed by atoms with Crippen molar-refractivity contribution in [2.45, 2.75) is 83.5 Å². The molecule has 0 saturated heterocycles. The predicted octanol–water partition coefficient (Wildman–Crippen LogP) is 10.6. The first kappa shape index (κ1) is 24.5. The summed E-state index contributed by atoms with van der Waals surface area (Å²) < 4.78 is 0. The highest BCUT2D eigenvalue weighted by molar-refractivity contribution is 9.11. The van der Waals surface area contributed by atoms with E-state index < -0.39 is 0 Å². The van der Waals surface area contributed by atoms with E-state index in [4.69, 9.17) is 0 Å². The van der Waals surface area contributed by atoms with Gasteiger partial charge < -0.3 is 0 Å². The van der Waals surface area contributed by atoms with Crippen molar-refractivity contribution in [3.05, 3.63) is 68.6 Å². The second-order valence-corrected chi connectivity index (χ2v) is 9.88. The van der Waals surface area contributed by atoms with E-state index in [0.29, 0.717) is 0 Å². The lowest BCUT2D eigenvalue weighted by Crippen LogP contribution is -2.26. The largest absolute Gasteiger partial charge is 0.0654 e. The molecule has 1 aliphatic carbocycles. The molecule has 2 heteroatoms. The molecular weight excluding hydrogens is 508 g/mol. The first-order valence-electron chi connectivity index (χ1n) is 12.0. The van der Waals surface area contributed by atoms with Crippen LogP contribution < -0.4 is 0 Å². The SMILES string of the molecule is CCCCCCC1(CCCCCC)c2ccccc2-c2ccc(/C=C\Br)c(/C=C\Br)c21. The molecule has 1 aliphatic rings. The standard InChI is InChI=1S/C29H36Br2/c1-3-5-7-11-19-29(20-12-8-6-4-2)27-14-10-9-13-25(27)26-16-15-23(17-21-30)24(18-22-31)28(26)29/h9-10,13-18,21-22H,3-8,11-12,19-20H2,1-2H3/b21-17-,22-18-. The number of benzene rings is 2. The average Bonchev–Trinajstić information content (AvgIpc) is 3.07. The van der Waals surface area contributed by atoms with Crippen molar-refractivity contribution < 1.29 is 0 Å². The number of rotatable bonds is 12. The van der Waals surface area contributed by atoms with E-state index >= 15 is 0 Å². The molecule has 0 heterocycles. The molecule has 0 nitrogen and oxygen atoms in total. The second-order valence-electron chi connectivity index (χ2n) is 8.83. The Bertz CT molecular complexity index is 895. The Morgan fingerprint density at radius 3 is 1.97 bits per heavy atom. The molecule has 0 unspecified atom stereocenters. The van der Waals surface area contributed by atoms with E-state index in [1.807, 2.05) is 9.97 Å². The van der Waals surface area contributed by atoms with E-state index in [9.17, 15) is 0 Å². The van der Waals surface area contributed by atoms with Crippen LogP contribution in [-0.4, -0.2) is 0 Å². The molecule has 2 aromatic rings. The number of fused-ring (bicyclic) bond motifs is 3. The third-order valence-electron chi connectivity index (χ3n) is 6.88. The van der Waals surface area contributed by atoms with Crippen LogP contribution in [0, 0.1) is 0 Å². The van der Waals surface area contributed by atoms with E-state index in [1.54, 1.807) is 11.1 Å². The maximum atomic E-state index is 3.58. The molecule has 0 N–H and O–H groups in total. The molecule has 2 aromatic carbocycles. The minimum absolute atomic E-state index is 0.116. The molecule has 3 rings (SSSR count). The number of hydrogen-bond donors (Lipinski definition) is 0. The Kier molecular flexibility index (Phi) is 9.66. The molecule has 0 bridgehead atoms. The van der Waals surface area contributed by atoms with Crippen LogP contribution in [0.5, 0.6) is 0 Å². The average molecular weight is 544 g/mol. The first-order chi connectivity index (χ1) is 15.2. The Morgan fingerprint density at radius 1 is 0.710 bits per heavy atom. The van der Waals surface area contributed by atoms with Gasteiger partial charge in [-0.05, 0) is 68.3 Å². The van der Waals surface area contributed by atoms with Crippen LogP contribution in [-0.2, 0) is 5.41 Å². The van der Waals surface area contributed by atoms with Gasteiger partial charge in [-0.25, -0.2) is 0 Å². The van der Waals surface area contributed by atoms with Crippen LogP contribution in [0.3, 0.4) is 0 Å². The van der Waals surface area contributed by atoms with Gasteiger partial charge in [-0.3, -0.25) is 0 Å². The van der Waals surface area contributed by atoms with Crippen LogP contribution in [0.15, 0.2) is 46.4 Å². The smallest absolute Gasteiger partial charge is 0.0221 e. The van der Waals surface area contributed by atoms with Crippen LogP contribution in [0.2, 0.25) is 0 Å². The highest BCUT2D eigenvalue weighted by Crippen LogP contribution is 2.56. The van der Waals surface area contributed by atoms with Crippen molar-refractivity contribution in [1.82, 2.24) is 0 Å². The molecule has 0 radical (unpaired) electrons. The molecule has 0 amide bonds. The van der Waals surface area contributed by atoms with Crippen molar-refractivity contribution >= 4 is 44.0 Å². The topological polar surface area (TPSA) is 0 Å². The fourth-order valence-electron chi connectivity index (χ4n) is 5.45. The molecule has 31 heavy (non-hydrogen) atoms. The van der Waals surface area contributed by atoms with Gasteiger partial charge in [0.1, 0.15) is 0 Å². The van der Waals surface area contributed by atoms with Gasteiger partial charge in [0.2, 0.25) is 0 Å². The van der Waals surface area contributed by atoms with Crippen molar-refractivity contribution in [2.75, 3.05) is 0 Å². The zero-order chi connectivity index (χ0) is 22.1. The Hall–Kier alpha value is -1.12. The summed E-state index contributed by atoms with van der Waals surface area (Å²) in [5.41, 5.74) is 8.77. The van der Waals surface area contributed by atoms with E-state index in [1.165, 1.54) is 86.5 Å². The minimum atomic E-state index is 0.116. The van der Waals surface area contributed by atoms with Gasteiger partial charge in [0, 0.05) is 5.41 Å². The van der Waals surface area contributed by atoms with Crippen molar-refractivity contribution in [2.24, 2.45) is 0 Å². The van der Waals surface area contributed by atoms with Gasteiger partial charge in [0.15, 0.2) is 0 Å². The van der Waals surface area contributed by atoms with Crippen LogP contribution in [0.25, 0.3) is 23.3 Å². The lowest BCUT2D eigenvalue weighted by atomic mass is 9.69. The van der Waals surface area contributed by atoms with Crippen LogP contribution in [0.4, 0.5) is 0 Å². The van der Waals surface area contributed by atoms with Gasteiger partial charge in [-0.15, -0.1) is 0 Å². The molecule has 0 fully saturated rings. The Labute approximate surface area is 206 Å². The van der Waals surface area contributed by atoms with Gasteiger partial charge in [0.25, 0.3) is 0 Å². The Morgan fingerprint density at radius 2 is 1.35 bits per heavy atom. The summed E-state index contributed by atoms with van der Waals surface area (Å²) in [5, 5.41) is 0. The van der Waals surface area contributed by atoms with Gasteiger partial charge in [0.05, 0.1) is 0 Å². The van der Waals surface area contributed by atoms with Gasteiger partial charge in [-0.1, -0.05) is 133 Å². The quantitative estimate of drug-likeness (QED) is 0.233. The molecule has 166 valence electrons. The molecule has 0 saturated carbocycles. The van der Waals surface area contributed by atoms with Crippen molar-refractivity contribution in [1.29, 1.82) is 0 Å². The number of unbranched alkanes of at least 4 members (excludes halogenated alkanes) is 6. The highest BCUT2D eigenvalue weighted by atomic mass is 79.9. The summed E-state index contributed by atoms with van der Waals surface area (Å²) in [5.74, 6) is 0. The maximum absolute atomic E-state index is 3.58. The summed E-state index contributed by atoms with van der Waals surface area (Å²) in [6.07, 6.45) is 17.4. The normalized spacial score (nSPS) is 14.5. The van der Waals surface area contributed by atoms with Gasteiger partial charge >= 0.3 is 0 Å². The lowest BCUT2D eigenvalue weighted by Gasteiger charge is -2.34. The third kappa shape index (κ3) is 5.28. The minimum Gasteiger partial charge on any atom is -0.0654 e. The Balaban J connectivity index is 2.19. The molecule has 0 aliphatic heterocycles. The summed E-state index contributed by atoms with van der Waals surface area (Å²) in [7, 11) is 0. The van der Waals surface area contributed by atoms with E-state index in [2.05, 4.69) is 94.3 Å². The van der Waals surface area contributed by atoms with E-state index in [-0.39, 0.29) is 5.41 Å². The zero-order valence-corrected chi connectivity index (χ0v) is 22.3. The monoisotopic (exact) mass is 542 g/mol. The second kappa shape index (κ2) is 12.2. The van der Waals surface area contributed by atoms with E-state index in [0.717, 1.165) is 0 Å². The van der Waals surface area contributed by atoms with Crippen LogP contribution >= 0.6 is 31.9 Å². The molecular formula is C29H36Br2. The van der Waals surface area contributed by atoms with Crippen molar-refractivity contribution in [3.8, 4) is 11.1 Å². The number of halogens is 2. The molecule has 0 spiro atoms. The predicted molar refractivity (Wildman–Crippen MR) is 146 cm³/mol. The molecule has 0 aromatic heterocycles. The first-order valence-corrected chi connectivity index (χ1v) is 13.9. The maximum Gasteiger partial charge on any atom is 0.0221 e. The molecule has 0 atom stereocenters. The summed E-state index contributed by atoms with van der Waals surface area (Å²) in [4.78, 5) is 4.00. The fraction of sp³-hybridized carbons (Fsp3) is 0.448. The zero-order valence-electron chi connectivity index (χ0n) is 19.1. The number of hydrogen-bond acceptors (Lipinski definition) is 0. The lowest BCUT2D eigenvalue weighted by molar-refractivity contribution is 0.400. The van der Waals surface area contributed by atoms with Gasteiger partial charge in [-0.2, -0.15) is 0 Å². The highest BCUT2D eigenvalue weighted by Gasteiger charge is 2.43. The van der Waals surface area contributed by atoms with Crippen LogP contribution in [0.1, 0.15) is 100 Å². The fourth-order valence-corrected chi connectivity index (χ4v) is 6.00. The summed E-state index contributed by atoms with van der Waals surface area (Å²) >= 11 is 7.09. The summed E-state index contributed by atoms with van der Waals surface area (Å²) in [6, 6.07) is 13.9. The third-order valence-corrected chi connectivity index (χ3v) is 7.41. The van der Waals surface area contributed by atoms with Crippen molar-refractivity contribution in [3.63, 3.8) is 0 Å².